The van der Waals surface area contributed by atoms with Crippen molar-refractivity contribution in [2.24, 2.45) is 0 Å². The van der Waals surface area contributed by atoms with Gasteiger partial charge in [0.15, 0.2) is 0 Å². The lowest BCUT2D eigenvalue weighted by Crippen LogP contribution is -2.37. The molecule has 1 unspecified atom stereocenters. The SMILES string of the molecule is Cc1cc2cnc1C(=O)N1CCc3ccc(cc3C1)C(CC(=O)O)c1cnc(nc1)OCCCCC2. The summed E-state index contributed by atoms with van der Waals surface area (Å²) in [5.41, 5.74) is 6.32. The largest absolute Gasteiger partial charge is 0.481 e. The average Bonchev–Trinajstić information content (AvgIpc) is 2.88. The number of benzene rings is 1. The van der Waals surface area contributed by atoms with E-state index in [0.717, 1.165) is 59.9 Å². The predicted octanol–water partition coefficient (Wildman–Crippen LogP) is 4.09. The number of carbonyl (C=O) groups is 2. The second-order valence-electron chi connectivity index (χ2n) is 9.62. The molecule has 7 heterocycles. The second kappa shape index (κ2) is 10.4. The van der Waals surface area contributed by atoms with Crippen molar-refractivity contribution in [2.75, 3.05) is 13.2 Å². The van der Waals surface area contributed by atoms with Crippen LogP contribution in [-0.2, 0) is 24.2 Å². The number of carboxylic acid groups (broad SMARTS) is 1. The van der Waals surface area contributed by atoms with E-state index in [1.165, 1.54) is 5.56 Å². The van der Waals surface area contributed by atoms with Crippen LogP contribution in [0.2, 0.25) is 0 Å². The molecule has 0 radical (unpaired) electrons. The van der Waals surface area contributed by atoms with E-state index in [1.54, 1.807) is 12.4 Å². The first-order chi connectivity index (χ1) is 17.5. The Morgan fingerprint density at radius 3 is 2.64 bits per heavy atom. The van der Waals surface area contributed by atoms with Gasteiger partial charge in [-0.25, -0.2) is 9.97 Å². The minimum Gasteiger partial charge on any atom is -0.481 e. The molecule has 8 heteroatoms. The quantitative estimate of drug-likeness (QED) is 0.582. The Morgan fingerprint density at radius 2 is 1.86 bits per heavy atom. The van der Waals surface area contributed by atoms with E-state index in [2.05, 4.69) is 21.0 Å². The van der Waals surface area contributed by atoms with Gasteiger partial charge in [0.2, 0.25) is 0 Å². The maximum absolute atomic E-state index is 13.4. The summed E-state index contributed by atoms with van der Waals surface area (Å²) in [5.74, 6) is -1.37. The van der Waals surface area contributed by atoms with E-state index in [0.29, 0.717) is 31.4 Å². The molecular formula is C28H30N4O4. The van der Waals surface area contributed by atoms with Crippen molar-refractivity contribution >= 4 is 11.9 Å². The summed E-state index contributed by atoms with van der Waals surface area (Å²) in [6.07, 6.45) is 9.56. The van der Waals surface area contributed by atoms with Crippen LogP contribution < -0.4 is 4.74 Å². The Labute approximate surface area is 210 Å². The molecule has 5 aliphatic rings. The number of hydrogen-bond acceptors (Lipinski definition) is 6. The van der Waals surface area contributed by atoms with Crippen molar-refractivity contribution in [3.8, 4) is 6.01 Å². The van der Waals surface area contributed by atoms with Gasteiger partial charge in [0.1, 0.15) is 5.69 Å². The molecular weight excluding hydrogens is 456 g/mol. The standard InChI is InChI=1S/C28H30N4O4/c1-18-11-19-5-3-2-4-10-36-28-30-15-23(16-31-28)24(13-25(33)34)21-7-6-20-8-9-32(17-22(20)12-21)27(35)26(18)29-14-19/h6-7,11-12,14-16,24H,2-5,8-10,13,17H2,1H3,(H,33,34). The van der Waals surface area contributed by atoms with Gasteiger partial charge >= 0.3 is 12.0 Å². The lowest BCUT2D eigenvalue weighted by Gasteiger charge is -2.30. The Kier molecular flexibility index (Phi) is 6.93. The number of aromatic nitrogens is 3. The molecule has 0 aliphatic carbocycles. The number of nitrogens with zero attached hydrogens (tertiary/aromatic N) is 4. The number of ether oxygens (including phenoxy) is 1. The van der Waals surface area contributed by atoms with Crippen LogP contribution in [0.5, 0.6) is 6.01 Å². The van der Waals surface area contributed by atoms with Crippen molar-refractivity contribution in [3.05, 3.63) is 81.9 Å². The van der Waals surface area contributed by atoms with E-state index >= 15 is 0 Å². The maximum Gasteiger partial charge on any atom is 0.316 e. The van der Waals surface area contributed by atoms with Gasteiger partial charge in [0.05, 0.1) is 13.0 Å². The van der Waals surface area contributed by atoms with Crippen molar-refractivity contribution in [2.45, 2.75) is 57.9 Å². The molecule has 1 atom stereocenters. The number of carbonyl (C=O) groups excluding carboxylic acids is 1. The number of rotatable bonds is 2. The summed E-state index contributed by atoms with van der Waals surface area (Å²) >= 11 is 0. The summed E-state index contributed by atoms with van der Waals surface area (Å²) < 4.78 is 5.71. The summed E-state index contributed by atoms with van der Waals surface area (Å²) in [6.45, 7) is 3.56. The lowest BCUT2D eigenvalue weighted by atomic mass is 9.87. The van der Waals surface area contributed by atoms with Gasteiger partial charge in [-0.1, -0.05) is 24.3 Å². The summed E-state index contributed by atoms with van der Waals surface area (Å²) in [5, 5.41) is 9.61. The van der Waals surface area contributed by atoms with E-state index < -0.39 is 11.9 Å². The van der Waals surface area contributed by atoms with E-state index in [1.807, 2.05) is 36.2 Å². The molecule has 1 aromatic carbocycles. The molecule has 7 bridgehead atoms. The van der Waals surface area contributed by atoms with Gasteiger partial charge in [-0.2, -0.15) is 0 Å². The molecule has 8 nitrogen and oxygen atoms in total. The van der Waals surface area contributed by atoms with Gasteiger partial charge in [0, 0.05) is 37.6 Å². The molecule has 8 rings (SSSR count). The molecule has 1 N–H and O–H groups in total. The second-order valence-corrected chi connectivity index (χ2v) is 9.62. The van der Waals surface area contributed by atoms with Crippen molar-refractivity contribution in [3.63, 3.8) is 0 Å². The summed E-state index contributed by atoms with van der Waals surface area (Å²) in [4.78, 5) is 40.2. The summed E-state index contributed by atoms with van der Waals surface area (Å²) in [7, 11) is 0. The van der Waals surface area contributed by atoms with Crippen molar-refractivity contribution < 1.29 is 19.4 Å². The fourth-order valence-corrected chi connectivity index (χ4v) is 5.07. The number of hydrogen-bond donors (Lipinski definition) is 1. The van der Waals surface area contributed by atoms with Crippen LogP contribution in [0.4, 0.5) is 0 Å². The van der Waals surface area contributed by atoms with Gasteiger partial charge in [0.25, 0.3) is 5.91 Å². The van der Waals surface area contributed by atoms with Gasteiger partial charge in [-0.3, -0.25) is 14.6 Å². The summed E-state index contributed by atoms with van der Waals surface area (Å²) in [6, 6.07) is 8.43. The number of pyridine rings is 1. The smallest absolute Gasteiger partial charge is 0.316 e. The van der Waals surface area contributed by atoms with E-state index in [-0.39, 0.29) is 12.3 Å². The number of carboxylic acids is 1. The molecule has 0 saturated carbocycles. The monoisotopic (exact) mass is 486 g/mol. The third kappa shape index (κ3) is 5.22. The highest BCUT2D eigenvalue weighted by Crippen LogP contribution is 2.31. The molecule has 5 aliphatic heterocycles. The third-order valence-electron chi connectivity index (χ3n) is 7.04. The fraction of sp³-hybridized carbons (Fsp3) is 0.393. The zero-order chi connectivity index (χ0) is 25.1. The first-order valence-electron chi connectivity index (χ1n) is 12.5. The maximum atomic E-state index is 13.4. The van der Waals surface area contributed by atoms with E-state index in [9.17, 15) is 14.7 Å². The Bertz CT molecular complexity index is 1280. The van der Waals surface area contributed by atoms with E-state index in [4.69, 9.17) is 4.74 Å². The average molecular weight is 487 g/mol. The van der Waals surface area contributed by atoms with Crippen molar-refractivity contribution in [1.82, 2.24) is 19.9 Å². The Hall–Kier alpha value is -3.81. The van der Waals surface area contributed by atoms with Crippen LogP contribution in [-0.4, -0.2) is 50.0 Å². The van der Waals surface area contributed by atoms with Gasteiger partial charge in [-0.15, -0.1) is 0 Å². The topological polar surface area (TPSA) is 106 Å². The minimum absolute atomic E-state index is 0.0655. The highest BCUT2D eigenvalue weighted by Gasteiger charge is 2.26. The zero-order valence-electron chi connectivity index (χ0n) is 20.4. The number of aliphatic carboxylic acids is 1. The van der Waals surface area contributed by atoms with Crippen LogP contribution in [0.1, 0.15) is 75.5 Å². The van der Waals surface area contributed by atoms with Crippen LogP contribution in [0.25, 0.3) is 0 Å². The first kappa shape index (κ1) is 23.9. The highest BCUT2D eigenvalue weighted by atomic mass is 16.5. The zero-order valence-corrected chi connectivity index (χ0v) is 20.4. The molecule has 0 fully saturated rings. The van der Waals surface area contributed by atoms with Crippen LogP contribution in [0, 0.1) is 6.92 Å². The predicted molar refractivity (Wildman–Crippen MR) is 133 cm³/mol. The van der Waals surface area contributed by atoms with Gasteiger partial charge < -0.3 is 14.7 Å². The van der Waals surface area contributed by atoms with Crippen LogP contribution in [0.3, 0.4) is 0 Å². The molecule has 2 aromatic heterocycles. The molecule has 186 valence electrons. The first-order valence-corrected chi connectivity index (χ1v) is 12.5. The molecule has 0 saturated heterocycles. The molecule has 1 amide bonds. The molecule has 3 aromatic rings. The minimum atomic E-state index is -0.898. The highest BCUT2D eigenvalue weighted by molar-refractivity contribution is 5.93. The Morgan fingerprint density at radius 1 is 1.03 bits per heavy atom. The fourth-order valence-electron chi connectivity index (χ4n) is 5.07. The van der Waals surface area contributed by atoms with Gasteiger partial charge in [-0.05, 0) is 72.4 Å². The number of amides is 1. The molecule has 0 spiro atoms. The third-order valence-corrected chi connectivity index (χ3v) is 7.04. The lowest BCUT2D eigenvalue weighted by molar-refractivity contribution is -0.137. The number of aryl methyl sites for hydroxylation is 2. The van der Waals surface area contributed by atoms with Crippen LogP contribution in [0.15, 0.2) is 42.9 Å². The normalized spacial score (nSPS) is 18.1. The molecule has 36 heavy (non-hydrogen) atoms. The van der Waals surface area contributed by atoms with Crippen molar-refractivity contribution in [1.29, 1.82) is 0 Å². The Balaban J connectivity index is 1.51. The van der Waals surface area contributed by atoms with Crippen LogP contribution >= 0.6 is 0 Å².